The van der Waals surface area contributed by atoms with Crippen molar-refractivity contribution in [1.82, 2.24) is 4.57 Å². The van der Waals surface area contributed by atoms with E-state index in [4.69, 9.17) is 15.3 Å². The first-order valence-corrected chi connectivity index (χ1v) is 12.5. The van der Waals surface area contributed by atoms with E-state index in [1.165, 1.54) is 30.2 Å². The van der Waals surface area contributed by atoms with Crippen LogP contribution in [0.1, 0.15) is 48.1 Å². The number of nitrogens with zero attached hydrogens (tertiary/aromatic N) is 3. The lowest BCUT2D eigenvalue weighted by atomic mass is 9.98. The monoisotopic (exact) mass is 546 g/mol. The number of nitrogens with two attached hydrogens (primary N) is 1. The van der Waals surface area contributed by atoms with Gasteiger partial charge in [0.1, 0.15) is 5.69 Å². The van der Waals surface area contributed by atoms with Gasteiger partial charge in [-0.05, 0) is 50.6 Å². The molecule has 1 aliphatic rings. The van der Waals surface area contributed by atoms with Crippen LogP contribution in [0.2, 0.25) is 0 Å². The average Bonchev–Trinajstić information content (AvgIpc) is 3.29. The third kappa shape index (κ3) is 5.42. The Bertz CT molecular complexity index is 1390. The zero-order valence-corrected chi connectivity index (χ0v) is 21.5. The van der Waals surface area contributed by atoms with Gasteiger partial charge in [-0.2, -0.15) is 18.2 Å². The largest absolute Gasteiger partial charge is 0.493 e. The van der Waals surface area contributed by atoms with Crippen molar-refractivity contribution in [2.45, 2.75) is 44.9 Å². The standard InChI is InChI=1S/C27H29F3N4O5/c1-3-32-16-19(18-9-5-6-10-20(18)32)23-24(35)33(14-8-4-7-13-31)22-15-17(25(36)38-2)11-12-21(22)34(23)39-26(37)27(28,29)30/h5-6,9-12,15-16,23H,3-4,7-8,13-14,31H2,1-2H3. The summed E-state index contributed by atoms with van der Waals surface area (Å²) in [4.78, 5) is 44.8. The summed E-state index contributed by atoms with van der Waals surface area (Å²) in [6, 6.07) is 9.78. The molecule has 1 unspecified atom stereocenters. The lowest BCUT2D eigenvalue weighted by molar-refractivity contribution is -0.202. The van der Waals surface area contributed by atoms with Crippen LogP contribution in [0.5, 0.6) is 0 Å². The highest BCUT2D eigenvalue weighted by atomic mass is 19.4. The Morgan fingerprint density at radius 2 is 1.79 bits per heavy atom. The van der Waals surface area contributed by atoms with Crippen LogP contribution in [-0.2, 0) is 25.7 Å². The highest BCUT2D eigenvalue weighted by Crippen LogP contribution is 2.45. The smallest absolute Gasteiger partial charge is 0.465 e. The molecule has 1 aromatic heterocycles. The SMILES string of the molecule is CCn1cc(C2C(=O)N(CCCCCN)c3cc(C(=O)OC)ccc3N2OC(=O)C(F)(F)F)c2ccccc21. The molecule has 0 fully saturated rings. The number of hydroxylamine groups is 1. The lowest BCUT2D eigenvalue weighted by Gasteiger charge is -2.41. The normalized spacial score (nSPS) is 15.4. The van der Waals surface area contributed by atoms with E-state index in [1.807, 2.05) is 23.6 Å². The van der Waals surface area contributed by atoms with Gasteiger partial charge in [-0.3, -0.25) is 4.79 Å². The summed E-state index contributed by atoms with van der Waals surface area (Å²) in [6.45, 7) is 3.11. The summed E-state index contributed by atoms with van der Waals surface area (Å²) in [5, 5.41) is 1.33. The molecule has 0 saturated heterocycles. The third-order valence-electron chi connectivity index (χ3n) is 6.61. The maximum atomic E-state index is 14.1. The number of fused-ring (bicyclic) bond motifs is 2. The minimum atomic E-state index is -5.31. The first kappa shape index (κ1) is 28.0. The van der Waals surface area contributed by atoms with Crippen molar-refractivity contribution in [1.29, 1.82) is 0 Å². The Kier molecular flexibility index (Phi) is 8.14. The summed E-state index contributed by atoms with van der Waals surface area (Å²) >= 11 is 0. The molecular formula is C27H29F3N4O5. The van der Waals surface area contributed by atoms with Gasteiger partial charge in [-0.25, -0.2) is 9.59 Å². The van der Waals surface area contributed by atoms with Crippen LogP contribution in [0, 0.1) is 0 Å². The van der Waals surface area contributed by atoms with Crippen LogP contribution in [0.3, 0.4) is 0 Å². The molecule has 0 spiro atoms. The number of aryl methyl sites for hydroxylation is 1. The number of halogens is 3. The van der Waals surface area contributed by atoms with E-state index in [2.05, 4.69) is 0 Å². The molecule has 2 aromatic carbocycles. The quantitative estimate of drug-likeness (QED) is 0.311. The topological polar surface area (TPSA) is 107 Å². The molecule has 0 radical (unpaired) electrons. The fraction of sp³-hybridized carbons (Fsp3) is 0.370. The van der Waals surface area contributed by atoms with Crippen molar-refractivity contribution < 1.29 is 37.1 Å². The molecule has 0 bridgehead atoms. The predicted molar refractivity (Wildman–Crippen MR) is 138 cm³/mol. The first-order valence-electron chi connectivity index (χ1n) is 12.5. The number of methoxy groups -OCH3 is 1. The Hall–Kier alpha value is -4.06. The Morgan fingerprint density at radius 3 is 2.46 bits per heavy atom. The number of unbranched alkanes of at least 4 members (excludes halogenated alkanes) is 2. The van der Waals surface area contributed by atoms with Crippen LogP contribution in [0.25, 0.3) is 10.9 Å². The van der Waals surface area contributed by atoms with Gasteiger partial charge in [-0.1, -0.05) is 24.6 Å². The third-order valence-corrected chi connectivity index (χ3v) is 6.61. The number of rotatable bonds is 9. The second-order valence-electron chi connectivity index (χ2n) is 9.03. The van der Waals surface area contributed by atoms with Crippen molar-refractivity contribution in [3.05, 3.63) is 59.8 Å². The van der Waals surface area contributed by atoms with E-state index in [0.29, 0.717) is 41.9 Å². The van der Waals surface area contributed by atoms with E-state index in [9.17, 15) is 27.6 Å². The number of carbonyl (C=O) groups excluding carboxylic acids is 3. The molecule has 4 rings (SSSR count). The number of hydrogen-bond donors (Lipinski definition) is 1. The highest BCUT2D eigenvalue weighted by molar-refractivity contribution is 6.09. The Morgan fingerprint density at radius 1 is 1.05 bits per heavy atom. The molecule has 208 valence electrons. The Labute approximate surface area is 222 Å². The number of hydrogen-bond acceptors (Lipinski definition) is 7. The number of carbonyl (C=O) groups is 3. The number of ether oxygens (including phenoxy) is 1. The van der Waals surface area contributed by atoms with Gasteiger partial charge in [0.15, 0.2) is 6.04 Å². The molecule has 12 heteroatoms. The van der Waals surface area contributed by atoms with Crippen molar-refractivity contribution in [2.75, 3.05) is 30.2 Å². The van der Waals surface area contributed by atoms with Gasteiger partial charge < -0.3 is 24.8 Å². The van der Waals surface area contributed by atoms with Crippen molar-refractivity contribution in [2.24, 2.45) is 5.73 Å². The van der Waals surface area contributed by atoms with Crippen molar-refractivity contribution in [3.8, 4) is 0 Å². The fourth-order valence-corrected chi connectivity index (χ4v) is 4.76. The molecule has 1 aliphatic heterocycles. The second-order valence-corrected chi connectivity index (χ2v) is 9.03. The van der Waals surface area contributed by atoms with Crippen molar-refractivity contribution >= 4 is 40.1 Å². The van der Waals surface area contributed by atoms with Crippen LogP contribution in [0.15, 0.2) is 48.7 Å². The lowest BCUT2D eigenvalue weighted by Crippen LogP contribution is -2.50. The van der Waals surface area contributed by atoms with Gasteiger partial charge in [0, 0.05) is 35.8 Å². The minimum Gasteiger partial charge on any atom is -0.465 e. The van der Waals surface area contributed by atoms with Crippen LogP contribution in [-0.4, -0.2) is 48.8 Å². The summed E-state index contributed by atoms with van der Waals surface area (Å²) in [5.74, 6) is -3.77. The number of aromatic nitrogens is 1. The van der Waals surface area contributed by atoms with E-state index in [-0.39, 0.29) is 23.5 Å². The zero-order chi connectivity index (χ0) is 28.3. The van der Waals surface area contributed by atoms with Gasteiger partial charge in [-0.15, -0.1) is 0 Å². The van der Waals surface area contributed by atoms with Gasteiger partial charge in [0.2, 0.25) is 0 Å². The summed E-state index contributed by atoms with van der Waals surface area (Å²) < 4.78 is 46.8. The summed E-state index contributed by atoms with van der Waals surface area (Å²) in [6.07, 6.45) is -1.64. The van der Waals surface area contributed by atoms with Gasteiger partial charge >= 0.3 is 18.1 Å². The van der Waals surface area contributed by atoms with Crippen LogP contribution < -0.4 is 15.7 Å². The fourth-order valence-electron chi connectivity index (χ4n) is 4.76. The maximum absolute atomic E-state index is 14.1. The Balaban J connectivity index is 1.92. The van der Waals surface area contributed by atoms with E-state index in [0.717, 1.165) is 11.9 Å². The number of alkyl halides is 3. The van der Waals surface area contributed by atoms with E-state index < -0.39 is 30.1 Å². The molecule has 39 heavy (non-hydrogen) atoms. The summed E-state index contributed by atoms with van der Waals surface area (Å²) in [7, 11) is 1.19. The van der Waals surface area contributed by atoms with Crippen LogP contribution >= 0.6 is 0 Å². The predicted octanol–water partition coefficient (Wildman–Crippen LogP) is 4.49. The molecular weight excluding hydrogens is 517 g/mol. The van der Waals surface area contributed by atoms with Crippen LogP contribution in [0.4, 0.5) is 24.5 Å². The van der Waals surface area contributed by atoms with Gasteiger partial charge in [0.05, 0.1) is 18.4 Å². The highest BCUT2D eigenvalue weighted by Gasteiger charge is 2.48. The number of amides is 1. The first-order chi connectivity index (χ1) is 18.6. The molecule has 2 N–H and O–H groups in total. The molecule has 2 heterocycles. The molecule has 0 saturated carbocycles. The maximum Gasteiger partial charge on any atom is 0.493 e. The number of para-hydroxylation sites is 1. The molecule has 9 nitrogen and oxygen atoms in total. The molecule has 0 aliphatic carbocycles. The second kappa shape index (κ2) is 11.4. The summed E-state index contributed by atoms with van der Waals surface area (Å²) in [5.41, 5.74) is 6.98. The number of anilines is 2. The van der Waals surface area contributed by atoms with Crippen molar-refractivity contribution in [3.63, 3.8) is 0 Å². The van der Waals surface area contributed by atoms with Gasteiger partial charge in [0.25, 0.3) is 5.91 Å². The van der Waals surface area contributed by atoms with E-state index in [1.54, 1.807) is 18.3 Å². The van der Waals surface area contributed by atoms with E-state index >= 15 is 0 Å². The molecule has 1 atom stereocenters. The molecule has 3 aromatic rings. The number of benzene rings is 2. The zero-order valence-electron chi connectivity index (χ0n) is 21.5. The number of esters is 1. The minimum absolute atomic E-state index is 0.0250. The molecule has 1 amide bonds. The average molecular weight is 547 g/mol.